The van der Waals surface area contributed by atoms with Crippen molar-refractivity contribution in [2.45, 2.75) is 31.3 Å². The molecule has 0 aromatic carbocycles. The Morgan fingerprint density at radius 1 is 1.24 bits per heavy atom. The number of hydrogen-bond donors (Lipinski definition) is 3. The Hall–Kier alpha value is -0.0835. The maximum absolute atomic E-state index is 5.35. The van der Waals surface area contributed by atoms with Gasteiger partial charge in [-0.25, -0.2) is 0 Å². The van der Waals surface area contributed by atoms with Gasteiger partial charge in [0.05, 0.1) is 0 Å². The maximum atomic E-state index is 5.35. The van der Waals surface area contributed by atoms with E-state index < -0.39 is 0 Å². The zero-order chi connectivity index (χ0) is 15.8. The van der Waals surface area contributed by atoms with Crippen LogP contribution in [0.2, 0.25) is 0 Å². The standard InChI is InChI=1S/C8H18N3.C6H9N2.ClH.Co/c9-4-6-10-7-8-3-1-2-5-11-8;7-5-6-3-1-2-4-8-6;;/h8,10H,1-7,9H2;1-4,6H,5,7H2;1H;/q2*-1;;+3/p-1. The Morgan fingerprint density at radius 2 is 2.05 bits per heavy atom. The van der Waals surface area contributed by atoms with E-state index in [1.807, 2.05) is 18.2 Å². The van der Waals surface area contributed by atoms with Crippen LogP contribution in [0.3, 0.4) is 0 Å². The van der Waals surface area contributed by atoms with Gasteiger partial charge in [-0.3, -0.25) is 0 Å². The van der Waals surface area contributed by atoms with Crippen molar-refractivity contribution in [1.29, 1.82) is 0 Å². The summed E-state index contributed by atoms with van der Waals surface area (Å²) in [5.74, 6) is 0. The third kappa shape index (κ3) is 12.2. The van der Waals surface area contributed by atoms with E-state index >= 15 is 0 Å². The van der Waals surface area contributed by atoms with Crippen LogP contribution in [-0.2, 0) is 14.8 Å². The average Bonchev–Trinajstić information content (AvgIpc) is 2.59. The summed E-state index contributed by atoms with van der Waals surface area (Å²) < 4.78 is 0. The molecule has 0 amide bonds. The van der Waals surface area contributed by atoms with E-state index in [9.17, 15) is 0 Å². The Labute approximate surface area is 141 Å². The van der Waals surface area contributed by atoms with Crippen molar-refractivity contribution >= 4 is 10.1 Å². The minimum absolute atomic E-state index is 0.222. The van der Waals surface area contributed by atoms with Crippen molar-refractivity contribution in [2.24, 2.45) is 11.5 Å². The first-order chi connectivity index (χ1) is 10.4. The molecule has 1 saturated heterocycles. The summed E-state index contributed by atoms with van der Waals surface area (Å²) in [5.41, 5.74) is 10.7. The van der Waals surface area contributed by atoms with Gasteiger partial charge >= 0.3 is 25.0 Å². The molecule has 0 aliphatic carbocycles. The van der Waals surface area contributed by atoms with Gasteiger partial charge in [0.25, 0.3) is 0 Å². The Bertz CT molecular complexity index is 270. The quantitative estimate of drug-likeness (QED) is 0.655. The van der Waals surface area contributed by atoms with Crippen molar-refractivity contribution in [1.82, 2.24) is 5.32 Å². The zero-order valence-corrected chi connectivity index (χ0v) is 14.2. The summed E-state index contributed by atoms with van der Waals surface area (Å²) in [7, 11) is 4.33. The Kier molecular flexibility index (Phi) is 16.2. The molecule has 5 nitrogen and oxygen atoms in total. The number of nitrogens with zero attached hydrogens (tertiary/aromatic N) is 2. The first kappa shape index (κ1) is 20.9. The number of piperidine rings is 1. The summed E-state index contributed by atoms with van der Waals surface area (Å²) in [6.45, 7) is 4.35. The molecule has 124 valence electrons. The van der Waals surface area contributed by atoms with Crippen LogP contribution >= 0.6 is 10.1 Å². The fourth-order valence-electron chi connectivity index (χ4n) is 1.99. The van der Waals surface area contributed by atoms with Gasteiger partial charge in [-0.15, -0.1) is 12.6 Å². The number of hydrogen-bond acceptors (Lipinski definition) is 3. The summed E-state index contributed by atoms with van der Waals surface area (Å²) in [6, 6.07) is 0.787. The van der Waals surface area contributed by atoms with E-state index in [0.29, 0.717) is 12.6 Å². The van der Waals surface area contributed by atoms with Gasteiger partial charge in [0.15, 0.2) is 0 Å². The number of rotatable bonds is 5. The molecule has 0 saturated carbocycles. The van der Waals surface area contributed by atoms with Gasteiger partial charge < -0.3 is 27.4 Å². The first-order valence-electron chi connectivity index (χ1n) is 7.30. The van der Waals surface area contributed by atoms with Crippen LogP contribution in [0, 0.1) is 0 Å². The van der Waals surface area contributed by atoms with E-state index in [2.05, 4.69) is 40.9 Å². The van der Waals surface area contributed by atoms with E-state index in [4.69, 9.17) is 11.5 Å². The molecule has 0 radical (unpaired) electrons. The molecule has 0 aromatic heterocycles. The SMILES string of the molecule is NCC1C=CC=C[N-]1.NCCNCC1CCCC[N-]1.[Cl][Co+2]. The Morgan fingerprint density at radius 3 is 2.52 bits per heavy atom. The average molecular weight is 360 g/mol. The predicted molar refractivity (Wildman–Crippen MR) is 88.1 cm³/mol. The molecule has 7 heteroatoms. The van der Waals surface area contributed by atoms with Crippen molar-refractivity contribution in [2.75, 3.05) is 32.7 Å². The van der Waals surface area contributed by atoms with Crippen LogP contribution in [0.1, 0.15) is 19.3 Å². The van der Waals surface area contributed by atoms with Gasteiger partial charge in [0.2, 0.25) is 0 Å². The number of allylic oxidation sites excluding steroid dienone is 2. The van der Waals surface area contributed by atoms with Gasteiger partial charge in [-0.05, 0) is 13.1 Å². The predicted octanol–water partition coefficient (Wildman–Crippen LogP) is 1.92. The van der Waals surface area contributed by atoms with Crippen molar-refractivity contribution < 1.29 is 14.8 Å². The van der Waals surface area contributed by atoms with Crippen LogP contribution in [0.5, 0.6) is 0 Å². The normalized spacial score (nSPS) is 23.2. The second-order valence-electron chi connectivity index (χ2n) is 4.73. The van der Waals surface area contributed by atoms with Gasteiger partial charge in [-0.1, -0.05) is 43.5 Å². The van der Waals surface area contributed by atoms with Crippen molar-refractivity contribution in [3.05, 3.63) is 35.1 Å². The van der Waals surface area contributed by atoms with Gasteiger partial charge in [-0.2, -0.15) is 6.20 Å². The van der Waals surface area contributed by atoms with E-state index in [1.54, 1.807) is 6.20 Å². The monoisotopic (exact) mass is 359 g/mol. The molecular weight excluding hydrogens is 333 g/mol. The van der Waals surface area contributed by atoms with Crippen LogP contribution in [-0.4, -0.2) is 44.8 Å². The van der Waals surface area contributed by atoms with E-state index in [1.165, 1.54) is 19.3 Å². The second kappa shape index (κ2) is 16.3. The summed E-state index contributed by atoms with van der Waals surface area (Å²) >= 11 is 3.03. The fraction of sp³-hybridized carbons (Fsp3) is 0.714. The Balaban J connectivity index is 0.000000354. The van der Waals surface area contributed by atoms with Crippen molar-refractivity contribution in [3.63, 3.8) is 0 Å². The molecule has 2 rings (SSSR count). The number of halogens is 1. The fourth-order valence-corrected chi connectivity index (χ4v) is 1.99. The third-order valence-corrected chi connectivity index (χ3v) is 3.08. The van der Waals surface area contributed by atoms with Crippen LogP contribution in [0.25, 0.3) is 10.6 Å². The van der Waals surface area contributed by atoms with Crippen LogP contribution < -0.4 is 16.8 Å². The summed E-state index contributed by atoms with van der Waals surface area (Å²) in [4.78, 5) is 0. The number of nitrogens with one attached hydrogen (secondary N) is 1. The first-order valence-corrected chi connectivity index (χ1v) is 8.73. The molecule has 2 atom stereocenters. The molecule has 0 bridgehead atoms. The molecule has 2 heterocycles. The molecule has 2 aliphatic heterocycles. The van der Waals surface area contributed by atoms with Crippen LogP contribution in [0.15, 0.2) is 24.4 Å². The molecule has 5 N–H and O–H groups in total. The van der Waals surface area contributed by atoms with Crippen LogP contribution in [0.4, 0.5) is 0 Å². The summed E-state index contributed by atoms with van der Waals surface area (Å²) in [6.07, 6.45) is 11.5. The zero-order valence-electron chi connectivity index (χ0n) is 12.4. The molecule has 2 unspecified atom stereocenters. The molecule has 0 spiro atoms. The molecule has 21 heavy (non-hydrogen) atoms. The van der Waals surface area contributed by atoms with Gasteiger partial charge in [0, 0.05) is 13.1 Å². The second-order valence-corrected chi connectivity index (χ2v) is 4.73. The molecule has 2 aliphatic rings. The molecular formula is C14H27ClCoN5. The van der Waals surface area contributed by atoms with E-state index in [-0.39, 0.29) is 6.04 Å². The topological polar surface area (TPSA) is 92.3 Å². The third-order valence-electron chi connectivity index (χ3n) is 3.08. The van der Waals surface area contributed by atoms with Gasteiger partial charge in [0.1, 0.15) is 0 Å². The minimum atomic E-state index is 0.222. The number of nitrogens with two attached hydrogens (primary N) is 2. The molecule has 1 fully saturated rings. The van der Waals surface area contributed by atoms with E-state index in [0.717, 1.165) is 26.2 Å². The molecule has 0 aromatic rings. The van der Waals surface area contributed by atoms with Crippen molar-refractivity contribution in [3.8, 4) is 0 Å². The summed E-state index contributed by atoms with van der Waals surface area (Å²) in [5, 5.41) is 11.8.